The van der Waals surface area contributed by atoms with Gasteiger partial charge in [0.2, 0.25) is 11.1 Å². The quantitative estimate of drug-likeness (QED) is 0.459. The number of anilines is 1. The van der Waals surface area contributed by atoms with Gasteiger partial charge in [-0.15, -0.1) is 5.10 Å². The summed E-state index contributed by atoms with van der Waals surface area (Å²) in [5.41, 5.74) is 4.03. The number of amides is 1. The summed E-state index contributed by atoms with van der Waals surface area (Å²) in [6.45, 7) is 3.80. The number of hydrogen-bond donors (Lipinski definition) is 1. The van der Waals surface area contributed by atoms with Crippen LogP contribution in [0.3, 0.4) is 0 Å². The van der Waals surface area contributed by atoms with Gasteiger partial charge in [0.05, 0.1) is 34.2 Å². The van der Waals surface area contributed by atoms with Crippen LogP contribution in [0, 0.1) is 13.8 Å². The number of rotatable bonds is 6. The molecular formula is C20H18ClN7OS. The number of carbonyl (C=O) groups excluding carboxylic acids is 1. The van der Waals surface area contributed by atoms with Gasteiger partial charge in [0, 0.05) is 5.02 Å². The highest BCUT2D eigenvalue weighted by Gasteiger charge is 2.17. The topological polar surface area (TPSA) is 90.5 Å². The Kier molecular flexibility index (Phi) is 5.82. The van der Waals surface area contributed by atoms with Crippen molar-refractivity contribution >= 4 is 35.0 Å². The van der Waals surface area contributed by atoms with E-state index in [1.165, 1.54) is 11.8 Å². The molecule has 0 atom stereocenters. The van der Waals surface area contributed by atoms with Crippen LogP contribution >= 0.6 is 23.4 Å². The van der Waals surface area contributed by atoms with Crippen molar-refractivity contribution < 1.29 is 4.79 Å². The molecule has 0 unspecified atom stereocenters. The predicted octanol–water partition coefficient (Wildman–Crippen LogP) is 3.85. The van der Waals surface area contributed by atoms with Gasteiger partial charge >= 0.3 is 0 Å². The van der Waals surface area contributed by atoms with Crippen molar-refractivity contribution in [3.05, 3.63) is 71.0 Å². The molecule has 2 aromatic carbocycles. The highest BCUT2D eigenvalue weighted by atomic mass is 35.5. The summed E-state index contributed by atoms with van der Waals surface area (Å²) in [5.74, 6) is -0.00642. The number of thioether (sulfide) groups is 1. The molecule has 30 heavy (non-hydrogen) atoms. The van der Waals surface area contributed by atoms with Gasteiger partial charge in [0.25, 0.3) is 0 Å². The van der Waals surface area contributed by atoms with Crippen LogP contribution in [0.25, 0.3) is 11.4 Å². The summed E-state index contributed by atoms with van der Waals surface area (Å²) in [7, 11) is 0. The Morgan fingerprint density at radius 2 is 1.73 bits per heavy atom. The molecule has 152 valence electrons. The lowest BCUT2D eigenvalue weighted by Crippen LogP contribution is -2.15. The molecule has 10 heteroatoms. The monoisotopic (exact) mass is 439 g/mol. The van der Waals surface area contributed by atoms with Gasteiger partial charge in [-0.3, -0.25) is 4.79 Å². The maximum Gasteiger partial charge on any atom is 0.234 e. The normalized spacial score (nSPS) is 10.9. The second-order valence-electron chi connectivity index (χ2n) is 6.48. The molecule has 8 nitrogen and oxygen atoms in total. The Bertz CT molecular complexity index is 1170. The van der Waals surface area contributed by atoms with Gasteiger partial charge in [-0.1, -0.05) is 41.6 Å². The SMILES string of the molecule is Cc1nn(-c2ccccc2)c(C)c1NC(=O)CSc1nnnn1-c1ccc(Cl)cc1. The van der Waals surface area contributed by atoms with Crippen LogP contribution in [-0.2, 0) is 4.79 Å². The van der Waals surface area contributed by atoms with Crippen molar-refractivity contribution in [3.8, 4) is 11.4 Å². The minimum absolute atomic E-state index is 0.156. The Balaban J connectivity index is 1.45. The van der Waals surface area contributed by atoms with Crippen LogP contribution in [-0.4, -0.2) is 41.6 Å². The van der Waals surface area contributed by atoms with Crippen LogP contribution in [0.15, 0.2) is 59.8 Å². The van der Waals surface area contributed by atoms with E-state index in [9.17, 15) is 4.79 Å². The zero-order valence-corrected chi connectivity index (χ0v) is 17.9. The summed E-state index contributed by atoms with van der Waals surface area (Å²) in [6, 6.07) is 16.9. The number of tetrazole rings is 1. The average molecular weight is 440 g/mol. The number of hydrogen-bond acceptors (Lipinski definition) is 6. The van der Waals surface area contributed by atoms with E-state index in [-0.39, 0.29) is 11.7 Å². The van der Waals surface area contributed by atoms with E-state index >= 15 is 0 Å². The molecule has 0 saturated carbocycles. The molecule has 1 N–H and O–H groups in total. The van der Waals surface area contributed by atoms with E-state index < -0.39 is 0 Å². The first-order chi connectivity index (χ1) is 14.5. The van der Waals surface area contributed by atoms with Crippen molar-refractivity contribution in [1.29, 1.82) is 0 Å². The van der Waals surface area contributed by atoms with Gasteiger partial charge in [0.15, 0.2) is 0 Å². The minimum Gasteiger partial charge on any atom is -0.322 e. The number of aromatic nitrogens is 6. The number of carbonyl (C=O) groups is 1. The van der Waals surface area contributed by atoms with Gasteiger partial charge in [-0.2, -0.15) is 9.78 Å². The highest BCUT2D eigenvalue weighted by molar-refractivity contribution is 7.99. The standard InChI is InChI=1S/C20H18ClN7OS/c1-13-19(14(2)27(24-13)16-6-4-3-5-7-16)22-18(29)12-30-20-23-25-26-28(20)17-10-8-15(21)9-11-17/h3-11H,12H2,1-2H3,(H,22,29). The second-order valence-corrected chi connectivity index (χ2v) is 7.86. The summed E-state index contributed by atoms with van der Waals surface area (Å²) in [5, 5.41) is 20.4. The third-order valence-corrected chi connectivity index (χ3v) is 5.57. The lowest BCUT2D eigenvalue weighted by Gasteiger charge is -2.07. The first kappa shape index (κ1) is 20.1. The smallest absolute Gasteiger partial charge is 0.234 e. The molecule has 0 radical (unpaired) electrons. The molecule has 0 aliphatic rings. The fourth-order valence-corrected chi connectivity index (χ4v) is 3.78. The van der Waals surface area contributed by atoms with Crippen molar-refractivity contribution in [2.24, 2.45) is 0 Å². The molecular weight excluding hydrogens is 422 g/mol. The van der Waals surface area contributed by atoms with E-state index in [0.29, 0.717) is 15.9 Å². The van der Waals surface area contributed by atoms with Crippen molar-refractivity contribution in [2.45, 2.75) is 19.0 Å². The first-order valence-corrected chi connectivity index (χ1v) is 10.5. The van der Waals surface area contributed by atoms with Crippen LogP contribution in [0.1, 0.15) is 11.4 Å². The lowest BCUT2D eigenvalue weighted by molar-refractivity contribution is -0.113. The first-order valence-electron chi connectivity index (χ1n) is 9.11. The molecule has 0 saturated heterocycles. The van der Waals surface area contributed by atoms with Gasteiger partial charge in [0.1, 0.15) is 0 Å². The Morgan fingerprint density at radius 1 is 1.03 bits per heavy atom. The summed E-state index contributed by atoms with van der Waals surface area (Å²) >= 11 is 7.18. The maximum atomic E-state index is 12.6. The van der Waals surface area contributed by atoms with Crippen LogP contribution in [0.2, 0.25) is 5.02 Å². The van der Waals surface area contributed by atoms with Crippen LogP contribution < -0.4 is 5.32 Å². The number of aryl methyl sites for hydroxylation is 1. The fourth-order valence-electron chi connectivity index (χ4n) is 2.96. The maximum absolute atomic E-state index is 12.6. The molecule has 2 heterocycles. The molecule has 0 aliphatic carbocycles. The number of benzene rings is 2. The Hall–Kier alpha value is -3.17. The summed E-state index contributed by atoms with van der Waals surface area (Å²) < 4.78 is 3.39. The molecule has 1 amide bonds. The minimum atomic E-state index is -0.163. The molecule has 0 spiro atoms. The number of para-hydroxylation sites is 1. The number of nitrogens with zero attached hydrogens (tertiary/aromatic N) is 6. The Morgan fingerprint density at radius 3 is 2.47 bits per heavy atom. The van der Waals surface area contributed by atoms with Crippen LogP contribution in [0.5, 0.6) is 0 Å². The second kappa shape index (κ2) is 8.68. The van der Waals surface area contributed by atoms with Gasteiger partial charge in [-0.05, 0) is 60.7 Å². The molecule has 0 bridgehead atoms. The van der Waals surface area contributed by atoms with Gasteiger partial charge < -0.3 is 5.32 Å². The van der Waals surface area contributed by atoms with Crippen LogP contribution in [0.4, 0.5) is 5.69 Å². The van der Waals surface area contributed by atoms with E-state index in [1.54, 1.807) is 16.8 Å². The predicted molar refractivity (Wildman–Crippen MR) is 117 cm³/mol. The van der Waals surface area contributed by atoms with E-state index in [0.717, 1.165) is 22.8 Å². The Labute approximate surface area is 182 Å². The largest absolute Gasteiger partial charge is 0.322 e. The van der Waals surface area contributed by atoms with Gasteiger partial charge in [-0.25, -0.2) is 4.68 Å². The van der Waals surface area contributed by atoms with Crippen molar-refractivity contribution in [2.75, 3.05) is 11.1 Å². The fraction of sp³-hybridized carbons (Fsp3) is 0.150. The molecule has 4 aromatic rings. The van der Waals surface area contributed by atoms with E-state index in [4.69, 9.17) is 11.6 Å². The molecule has 0 aliphatic heterocycles. The van der Waals surface area contributed by atoms with E-state index in [2.05, 4.69) is 25.9 Å². The van der Waals surface area contributed by atoms with Crippen molar-refractivity contribution in [3.63, 3.8) is 0 Å². The summed E-state index contributed by atoms with van der Waals surface area (Å²) in [6.07, 6.45) is 0. The van der Waals surface area contributed by atoms with E-state index in [1.807, 2.05) is 61.0 Å². The van der Waals surface area contributed by atoms with Crippen molar-refractivity contribution in [1.82, 2.24) is 30.0 Å². The summed E-state index contributed by atoms with van der Waals surface area (Å²) in [4.78, 5) is 12.6. The molecule has 0 fully saturated rings. The third-order valence-electron chi connectivity index (χ3n) is 4.40. The number of halogens is 1. The lowest BCUT2D eigenvalue weighted by atomic mass is 10.3. The molecule has 2 aromatic heterocycles. The zero-order valence-electron chi connectivity index (χ0n) is 16.3. The zero-order chi connectivity index (χ0) is 21.1. The average Bonchev–Trinajstić information content (AvgIpc) is 3.33. The number of nitrogens with one attached hydrogen (secondary N) is 1. The highest BCUT2D eigenvalue weighted by Crippen LogP contribution is 2.24. The molecule has 4 rings (SSSR count). The third kappa shape index (κ3) is 4.22.